The van der Waals surface area contributed by atoms with Gasteiger partial charge in [-0.3, -0.25) is 14.5 Å². The molecule has 2 aromatic rings. The Bertz CT molecular complexity index is 833. The minimum Gasteiger partial charge on any atom is -0.465 e. The van der Waals surface area contributed by atoms with Crippen LogP contribution in [0.15, 0.2) is 41.3 Å². The molecule has 7 nitrogen and oxygen atoms in total. The molecule has 2 heterocycles. The van der Waals surface area contributed by atoms with Crippen molar-refractivity contribution in [1.82, 2.24) is 14.7 Å². The number of ether oxygens (including phenoxy) is 1. The SMILES string of the molecule is CCOC(=O)Cn1ncc(N2CCN(Cc3ccccc3)CC2)c(Cl)c1=O. The zero-order valence-corrected chi connectivity index (χ0v) is 16.1. The smallest absolute Gasteiger partial charge is 0.327 e. The predicted octanol–water partition coefficient (Wildman–Crippen LogP) is 1.78. The van der Waals surface area contributed by atoms with Gasteiger partial charge in [0.25, 0.3) is 5.56 Å². The Kier molecular flexibility index (Phi) is 6.47. The Morgan fingerprint density at radius 3 is 2.56 bits per heavy atom. The molecule has 1 aliphatic rings. The molecule has 0 radical (unpaired) electrons. The molecule has 1 fully saturated rings. The molecule has 0 unspecified atom stereocenters. The van der Waals surface area contributed by atoms with Gasteiger partial charge < -0.3 is 9.64 Å². The molecule has 0 N–H and O–H groups in total. The monoisotopic (exact) mass is 390 g/mol. The highest BCUT2D eigenvalue weighted by Gasteiger charge is 2.22. The first kappa shape index (κ1) is 19.4. The van der Waals surface area contributed by atoms with Crippen LogP contribution in [-0.2, 0) is 22.6 Å². The van der Waals surface area contributed by atoms with E-state index in [0.717, 1.165) is 37.4 Å². The number of benzene rings is 1. The third-order valence-corrected chi connectivity index (χ3v) is 4.87. The van der Waals surface area contributed by atoms with E-state index in [2.05, 4.69) is 27.0 Å². The van der Waals surface area contributed by atoms with E-state index in [1.165, 1.54) is 5.56 Å². The first-order chi connectivity index (χ1) is 13.1. The number of nitrogens with zero attached hydrogens (tertiary/aromatic N) is 4. The largest absolute Gasteiger partial charge is 0.465 e. The highest BCUT2D eigenvalue weighted by Crippen LogP contribution is 2.22. The van der Waals surface area contributed by atoms with Crippen molar-refractivity contribution in [2.24, 2.45) is 0 Å². The summed E-state index contributed by atoms with van der Waals surface area (Å²) in [7, 11) is 0. The van der Waals surface area contributed by atoms with Gasteiger partial charge in [0.1, 0.15) is 11.6 Å². The maximum Gasteiger partial charge on any atom is 0.327 e. The first-order valence-electron chi connectivity index (χ1n) is 9.01. The summed E-state index contributed by atoms with van der Waals surface area (Å²) in [6.07, 6.45) is 1.55. The van der Waals surface area contributed by atoms with Crippen LogP contribution >= 0.6 is 11.6 Å². The van der Waals surface area contributed by atoms with Crippen molar-refractivity contribution in [2.45, 2.75) is 20.0 Å². The van der Waals surface area contributed by atoms with Crippen LogP contribution in [0, 0.1) is 0 Å². The Morgan fingerprint density at radius 1 is 1.19 bits per heavy atom. The lowest BCUT2D eigenvalue weighted by molar-refractivity contribution is -0.144. The second-order valence-electron chi connectivity index (χ2n) is 6.36. The number of aromatic nitrogens is 2. The van der Waals surface area contributed by atoms with E-state index in [1.54, 1.807) is 13.1 Å². The van der Waals surface area contributed by atoms with E-state index in [9.17, 15) is 9.59 Å². The number of halogens is 1. The van der Waals surface area contributed by atoms with Crippen molar-refractivity contribution in [1.29, 1.82) is 0 Å². The molecule has 0 atom stereocenters. The third-order valence-electron chi connectivity index (χ3n) is 4.51. The predicted molar refractivity (Wildman–Crippen MR) is 104 cm³/mol. The molecule has 1 aromatic heterocycles. The van der Waals surface area contributed by atoms with Crippen molar-refractivity contribution in [3.8, 4) is 0 Å². The molecule has 27 heavy (non-hydrogen) atoms. The van der Waals surface area contributed by atoms with Gasteiger partial charge in [-0.25, -0.2) is 4.68 Å². The second kappa shape index (κ2) is 9.01. The molecule has 144 valence electrons. The number of anilines is 1. The van der Waals surface area contributed by atoms with Gasteiger partial charge in [-0.2, -0.15) is 5.10 Å². The summed E-state index contributed by atoms with van der Waals surface area (Å²) in [6, 6.07) is 10.3. The number of hydrogen-bond acceptors (Lipinski definition) is 6. The molecular formula is C19H23ClN4O3. The fraction of sp³-hybridized carbons (Fsp3) is 0.421. The quantitative estimate of drug-likeness (QED) is 0.700. The highest BCUT2D eigenvalue weighted by atomic mass is 35.5. The van der Waals surface area contributed by atoms with E-state index >= 15 is 0 Å². The molecule has 1 aromatic carbocycles. The third kappa shape index (κ3) is 4.87. The summed E-state index contributed by atoms with van der Waals surface area (Å²) in [6.45, 7) is 5.90. The standard InChI is InChI=1S/C19H23ClN4O3/c1-2-27-17(25)14-24-19(26)18(20)16(12-21-24)23-10-8-22(9-11-23)13-15-6-4-3-5-7-15/h3-7,12H,2,8-11,13-14H2,1H3. The summed E-state index contributed by atoms with van der Waals surface area (Å²) in [5, 5.41) is 4.18. The normalized spacial score (nSPS) is 15.0. The minimum absolute atomic E-state index is 0.0887. The van der Waals surface area contributed by atoms with Crippen LogP contribution in [0.25, 0.3) is 0 Å². The summed E-state index contributed by atoms with van der Waals surface area (Å²) >= 11 is 6.28. The van der Waals surface area contributed by atoms with E-state index in [1.807, 2.05) is 18.2 Å². The second-order valence-corrected chi connectivity index (χ2v) is 6.74. The number of hydrogen-bond donors (Lipinski definition) is 0. The zero-order valence-electron chi connectivity index (χ0n) is 15.3. The van der Waals surface area contributed by atoms with Gasteiger partial charge in [-0.05, 0) is 12.5 Å². The van der Waals surface area contributed by atoms with Gasteiger partial charge in [0, 0.05) is 32.7 Å². The molecule has 0 amide bonds. The van der Waals surface area contributed by atoms with Gasteiger partial charge in [0.05, 0.1) is 18.5 Å². The van der Waals surface area contributed by atoms with Gasteiger partial charge in [0.15, 0.2) is 0 Å². The van der Waals surface area contributed by atoms with E-state index in [0.29, 0.717) is 5.69 Å². The molecular weight excluding hydrogens is 368 g/mol. The summed E-state index contributed by atoms with van der Waals surface area (Å²) in [4.78, 5) is 28.4. The van der Waals surface area contributed by atoms with Crippen molar-refractivity contribution < 1.29 is 9.53 Å². The Labute approximate surface area is 163 Å². The molecule has 0 aliphatic carbocycles. The summed E-state index contributed by atoms with van der Waals surface area (Å²) in [5.41, 5.74) is 1.42. The molecule has 1 saturated heterocycles. The van der Waals surface area contributed by atoms with Crippen LogP contribution in [0.1, 0.15) is 12.5 Å². The first-order valence-corrected chi connectivity index (χ1v) is 9.38. The van der Waals surface area contributed by atoms with E-state index in [-0.39, 0.29) is 18.2 Å². The van der Waals surface area contributed by atoms with Crippen molar-refractivity contribution in [3.05, 3.63) is 57.5 Å². The lowest BCUT2D eigenvalue weighted by Gasteiger charge is -2.36. The van der Waals surface area contributed by atoms with Crippen LogP contribution in [0.2, 0.25) is 5.02 Å². The van der Waals surface area contributed by atoms with Gasteiger partial charge in [0.2, 0.25) is 0 Å². The number of rotatable bonds is 6. The van der Waals surface area contributed by atoms with Crippen LogP contribution in [0.5, 0.6) is 0 Å². The lowest BCUT2D eigenvalue weighted by Crippen LogP contribution is -2.46. The summed E-state index contributed by atoms with van der Waals surface area (Å²) in [5.74, 6) is -0.509. The lowest BCUT2D eigenvalue weighted by atomic mass is 10.2. The van der Waals surface area contributed by atoms with Crippen LogP contribution < -0.4 is 10.5 Å². The van der Waals surface area contributed by atoms with Crippen molar-refractivity contribution >= 4 is 23.3 Å². The van der Waals surface area contributed by atoms with Crippen LogP contribution in [-0.4, -0.2) is 53.4 Å². The topological polar surface area (TPSA) is 67.7 Å². The van der Waals surface area contributed by atoms with Crippen LogP contribution in [0.3, 0.4) is 0 Å². The van der Waals surface area contributed by atoms with Gasteiger partial charge in [-0.1, -0.05) is 41.9 Å². The van der Waals surface area contributed by atoms with Crippen molar-refractivity contribution in [2.75, 3.05) is 37.7 Å². The highest BCUT2D eigenvalue weighted by molar-refractivity contribution is 6.33. The fourth-order valence-corrected chi connectivity index (χ4v) is 3.37. The maximum atomic E-state index is 12.4. The fourth-order valence-electron chi connectivity index (χ4n) is 3.11. The molecule has 0 spiro atoms. The Balaban J connectivity index is 1.63. The van der Waals surface area contributed by atoms with Gasteiger partial charge in [-0.15, -0.1) is 0 Å². The number of esters is 1. The molecule has 0 saturated carbocycles. The molecule has 0 bridgehead atoms. The number of piperazine rings is 1. The molecule has 1 aliphatic heterocycles. The minimum atomic E-state index is -0.509. The number of carbonyl (C=O) groups is 1. The average molecular weight is 391 g/mol. The van der Waals surface area contributed by atoms with Crippen molar-refractivity contribution in [3.63, 3.8) is 0 Å². The van der Waals surface area contributed by atoms with Gasteiger partial charge >= 0.3 is 5.97 Å². The Morgan fingerprint density at radius 2 is 1.89 bits per heavy atom. The van der Waals surface area contributed by atoms with Crippen LogP contribution in [0.4, 0.5) is 5.69 Å². The molecule has 8 heteroatoms. The van der Waals surface area contributed by atoms with E-state index < -0.39 is 11.5 Å². The zero-order chi connectivity index (χ0) is 19.2. The average Bonchev–Trinajstić information content (AvgIpc) is 2.68. The van der Waals surface area contributed by atoms with E-state index in [4.69, 9.17) is 16.3 Å². The number of carbonyl (C=O) groups excluding carboxylic acids is 1. The molecule has 3 rings (SSSR count). The maximum absolute atomic E-state index is 12.4. The Hall–Kier alpha value is -2.38. The summed E-state index contributed by atoms with van der Waals surface area (Å²) < 4.78 is 5.89.